The zero-order chi connectivity index (χ0) is 33.1. The van der Waals surface area contributed by atoms with Crippen LogP contribution < -0.4 is 19.3 Å². The van der Waals surface area contributed by atoms with Crippen molar-refractivity contribution in [2.24, 2.45) is 11.8 Å². The van der Waals surface area contributed by atoms with E-state index in [1.807, 2.05) is 13.8 Å². The topological polar surface area (TPSA) is 159 Å². The minimum absolute atomic E-state index is 0.00449. The average molecular weight is 683 g/mol. The summed E-state index contributed by atoms with van der Waals surface area (Å²) >= 11 is 0. The monoisotopic (exact) mass is 682 g/mol. The molecule has 0 spiro atoms. The molecule has 4 heterocycles. The number of fused-ring (bicyclic) bond motifs is 11. The fraction of sp³-hybridized carbons (Fsp3) is 0.581. The quantitative estimate of drug-likeness (QED) is 0.427. The van der Waals surface area contributed by atoms with E-state index in [0.29, 0.717) is 18.8 Å². The van der Waals surface area contributed by atoms with Gasteiger partial charge in [-0.05, 0) is 48.6 Å². The number of benzene rings is 2. The number of ether oxygens (including phenoxy) is 5. The average Bonchev–Trinajstić information content (AvgIpc) is 3.64. The third-order valence-electron chi connectivity index (χ3n) is 8.30. The Morgan fingerprint density at radius 1 is 1.17 bits per heavy atom. The molecule has 2 saturated heterocycles. The predicted molar refractivity (Wildman–Crippen MR) is 168 cm³/mol. The maximum atomic E-state index is 14.1. The van der Waals surface area contributed by atoms with Crippen LogP contribution in [-0.4, -0.2) is 94.4 Å². The Bertz CT molecular complexity index is 1520. The number of sulfonamides is 1. The zero-order valence-corrected chi connectivity index (χ0v) is 28.2. The third kappa shape index (κ3) is 7.98. The highest BCUT2D eigenvalue weighted by molar-refractivity contribution is 7.89. The molecular formula is C31H43N2O11PS. The van der Waals surface area contributed by atoms with Crippen LogP contribution in [0.1, 0.15) is 32.8 Å². The van der Waals surface area contributed by atoms with E-state index in [-0.39, 0.29) is 66.9 Å². The van der Waals surface area contributed by atoms with Crippen molar-refractivity contribution in [3.63, 3.8) is 0 Å². The number of nitrogens with one attached hydrogen (secondary N) is 1. The summed E-state index contributed by atoms with van der Waals surface area (Å²) in [5, 5.41) is 14.4. The predicted octanol–water partition coefficient (Wildman–Crippen LogP) is 3.83. The molecule has 2 aromatic rings. The van der Waals surface area contributed by atoms with Crippen molar-refractivity contribution in [1.82, 2.24) is 9.62 Å². The van der Waals surface area contributed by atoms with Crippen LogP contribution in [0.5, 0.6) is 17.2 Å². The van der Waals surface area contributed by atoms with Gasteiger partial charge in [-0.1, -0.05) is 32.9 Å². The Hall–Kier alpha value is -2.87. The summed E-state index contributed by atoms with van der Waals surface area (Å²) in [5.74, 6) is 0.468. The first-order valence-corrected chi connectivity index (χ1v) is 18.9. The fourth-order valence-corrected chi connectivity index (χ4v) is 8.56. The summed E-state index contributed by atoms with van der Waals surface area (Å²) in [5.41, 5.74) is 0.735. The van der Waals surface area contributed by atoms with Gasteiger partial charge in [0.25, 0.3) is 7.37 Å². The normalized spacial score (nSPS) is 29.7. The van der Waals surface area contributed by atoms with E-state index in [2.05, 4.69) is 5.32 Å². The molecule has 2 aromatic carbocycles. The molecule has 0 radical (unpaired) electrons. The van der Waals surface area contributed by atoms with Crippen molar-refractivity contribution < 1.29 is 51.1 Å². The molecule has 13 nitrogen and oxygen atoms in total. The van der Waals surface area contributed by atoms with Crippen LogP contribution in [-0.2, 0) is 35.2 Å². The highest BCUT2D eigenvalue weighted by atomic mass is 32.2. The molecule has 4 bridgehead atoms. The number of hydrogen-bond donors (Lipinski definition) is 2. The van der Waals surface area contributed by atoms with Crippen molar-refractivity contribution in [2.75, 3.05) is 45.9 Å². The molecule has 254 valence electrons. The highest BCUT2D eigenvalue weighted by Crippen LogP contribution is 2.49. The summed E-state index contributed by atoms with van der Waals surface area (Å²) in [6.07, 6.45) is -2.24. The van der Waals surface area contributed by atoms with Gasteiger partial charge < -0.3 is 38.6 Å². The molecule has 1 unspecified atom stereocenters. The second-order valence-electron chi connectivity index (χ2n) is 12.2. The van der Waals surface area contributed by atoms with Gasteiger partial charge in [-0.15, -0.1) is 0 Å². The first-order chi connectivity index (χ1) is 21.9. The maximum Gasteiger partial charge on any atom is 0.407 e. The zero-order valence-electron chi connectivity index (χ0n) is 26.5. The number of amides is 1. The number of methoxy groups -OCH3 is 1. The smallest absolute Gasteiger partial charge is 0.407 e. The number of aliphatic hydroxyl groups excluding tert-OH is 1. The van der Waals surface area contributed by atoms with Gasteiger partial charge in [0.1, 0.15) is 11.9 Å². The number of carbonyl (C=O) groups excluding carboxylic acids is 1. The summed E-state index contributed by atoms with van der Waals surface area (Å²) in [6.45, 7) is 5.91. The van der Waals surface area contributed by atoms with Crippen molar-refractivity contribution in [3.8, 4) is 17.2 Å². The van der Waals surface area contributed by atoms with Crippen LogP contribution in [0.2, 0.25) is 0 Å². The number of alkyl carbamates (subject to hydrolysis) is 1. The summed E-state index contributed by atoms with van der Waals surface area (Å²) in [4.78, 5) is 13.0. The first kappa shape index (κ1) is 34.5. The van der Waals surface area contributed by atoms with Gasteiger partial charge in [-0.3, -0.25) is 4.57 Å². The van der Waals surface area contributed by atoms with Gasteiger partial charge in [0.05, 0.1) is 43.3 Å². The molecule has 0 saturated carbocycles. The Morgan fingerprint density at radius 2 is 1.93 bits per heavy atom. The minimum Gasteiger partial charge on any atom is -0.493 e. The van der Waals surface area contributed by atoms with Gasteiger partial charge in [0.15, 0.2) is 24.1 Å². The van der Waals surface area contributed by atoms with E-state index in [4.69, 9.17) is 28.2 Å². The van der Waals surface area contributed by atoms with Crippen molar-refractivity contribution in [2.45, 2.75) is 63.0 Å². The third-order valence-corrected chi connectivity index (χ3v) is 12.1. The van der Waals surface area contributed by atoms with Crippen LogP contribution in [0.15, 0.2) is 47.4 Å². The number of hydrogen-bond acceptors (Lipinski definition) is 11. The summed E-state index contributed by atoms with van der Waals surface area (Å²) in [6, 6.07) is 10.1. The SMILES string of the molecule is CCP1(=O)COc2ccc(cc2)C[C@H](NC(=O)O[C@H]2CO[C@H]3OCC[C@H]32)[C@H](O)CN(CC(C)C)S(=O)(=O)c2ccc(OC)c(c2)O1. The van der Waals surface area contributed by atoms with Crippen molar-refractivity contribution in [3.05, 3.63) is 48.0 Å². The summed E-state index contributed by atoms with van der Waals surface area (Å²) < 4.78 is 77.1. The van der Waals surface area contributed by atoms with Gasteiger partial charge in [-0.2, -0.15) is 4.31 Å². The van der Waals surface area contributed by atoms with E-state index in [0.717, 1.165) is 5.56 Å². The molecular weight excluding hydrogens is 639 g/mol. The number of nitrogens with zero attached hydrogens (tertiary/aromatic N) is 1. The molecule has 6 atom stereocenters. The summed E-state index contributed by atoms with van der Waals surface area (Å²) in [7, 11) is -6.26. The van der Waals surface area contributed by atoms with Gasteiger partial charge in [0, 0.05) is 25.3 Å². The first-order valence-electron chi connectivity index (χ1n) is 15.5. The molecule has 0 aromatic heterocycles. The highest BCUT2D eigenvalue weighted by Gasteiger charge is 2.44. The number of rotatable bonds is 6. The number of aliphatic hydroxyl groups is 1. The molecule has 2 N–H and O–H groups in total. The second-order valence-corrected chi connectivity index (χ2v) is 16.8. The van der Waals surface area contributed by atoms with E-state index in [1.165, 1.54) is 29.6 Å². The molecule has 2 fully saturated rings. The van der Waals surface area contributed by atoms with Crippen molar-refractivity contribution >= 4 is 23.5 Å². The van der Waals surface area contributed by atoms with E-state index in [1.54, 1.807) is 31.2 Å². The van der Waals surface area contributed by atoms with Gasteiger partial charge >= 0.3 is 6.09 Å². The van der Waals surface area contributed by atoms with E-state index >= 15 is 0 Å². The van der Waals surface area contributed by atoms with Crippen LogP contribution in [0.3, 0.4) is 0 Å². The molecule has 6 rings (SSSR count). The van der Waals surface area contributed by atoms with Gasteiger partial charge in [-0.25, -0.2) is 13.2 Å². The van der Waals surface area contributed by atoms with Gasteiger partial charge in [0.2, 0.25) is 10.0 Å². The Balaban J connectivity index is 1.49. The maximum absolute atomic E-state index is 14.1. The second kappa shape index (κ2) is 14.5. The van der Waals surface area contributed by atoms with Crippen molar-refractivity contribution in [1.29, 1.82) is 0 Å². The Kier molecular flexibility index (Phi) is 10.9. The van der Waals surface area contributed by atoms with E-state index in [9.17, 15) is 22.9 Å². The molecule has 46 heavy (non-hydrogen) atoms. The lowest BCUT2D eigenvalue weighted by molar-refractivity contribution is -0.0907. The Morgan fingerprint density at radius 3 is 2.63 bits per heavy atom. The van der Waals surface area contributed by atoms with Crippen LogP contribution in [0.4, 0.5) is 4.79 Å². The lowest BCUT2D eigenvalue weighted by atomic mass is 10.0. The minimum atomic E-state index is -4.22. The molecule has 4 aliphatic rings. The number of carbonyl (C=O) groups is 1. The van der Waals surface area contributed by atoms with Crippen LogP contribution in [0, 0.1) is 11.8 Å². The molecule has 4 aliphatic heterocycles. The molecule has 15 heteroatoms. The lowest BCUT2D eigenvalue weighted by Gasteiger charge is -2.31. The molecule has 1 amide bonds. The standard InChI is InChI=1S/C31H43N2O11PS/c1-5-45(36)19-42-22-8-6-21(7-9-22)14-25(32-31(35)43-29-18-41-30-24(29)12-13-40-30)26(34)17-33(16-20(2)3)46(37,38)23-10-11-27(39-4)28(15-23)44-45/h6-11,15,20,24-26,29-30,34H,5,12-14,16-19H2,1-4H3,(H,32,35)/t24-,25-,26+,29-,30+,45?/m0/s1. The lowest BCUT2D eigenvalue weighted by Crippen LogP contribution is -2.51. The van der Waals surface area contributed by atoms with Crippen LogP contribution in [0.25, 0.3) is 0 Å². The molecule has 0 aliphatic carbocycles. The fourth-order valence-electron chi connectivity index (χ4n) is 5.72. The Labute approximate surface area is 269 Å². The van der Waals surface area contributed by atoms with E-state index < -0.39 is 48.0 Å². The largest absolute Gasteiger partial charge is 0.493 e. The van der Waals surface area contributed by atoms with Crippen LogP contribution >= 0.6 is 7.37 Å².